The Morgan fingerprint density at radius 2 is 2.08 bits per heavy atom. The molecule has 3 N–H and O–H groups in total. The van der Waals surface area contributed by atoms with Gasteiger partial charge in [0.15, 0.2) is 5.96 Å². The van der Waals surface area contributed by atoms with E-state index in [0.29, 0.717) is 16.7 Å². The molecule has 7 nitrogen and oxygen atoms in total. The van der Waals surface area contributed by atoms with Gasteiger partial charge in [-0.3, -0.25) is 4.99 Å². The summed E-state index contributed by atoms with van der Waals surface area (Å²) in [6, 6.07) is 7.06. The smallest absolute Gasteiger partial charge is 0.250 e. The van der Waals surface area contributed by atoms with Crippen molar-refractivity contribution < 1.29 is 12.8 Å². The number of nitrogens with one attached hydrogen (secondary N) is 3. The summed E-state index contributed by atoms with van der Waals surface area (Å²) in [4.78, 5) is 4.12. The molecular formula is C15H23IN4O3S2. The zero-order valence-electron chi connectivity index (χ0n) is 14.3. The Kier molecular flexibility index (Phi) is 8.89. The van der Waals surface area contributed by atoms with Crippen molar-refractivity contribution in [3.05, 3.63) is 41.2 Å². The first kappa shape index (κ1) is 21.9. The molecule has 0 aliphatic heterocycles. The molecule has 0 fully saturated rings. The van der Waals surface area contributed by atoms with Crippen LogP contribution < -0.4 is 15.4 Å². The van der Waals surface area contributed by atoms with Crippen LogP contribution in [-0.2, 0) is 10.0 Å². The van der Waals surface area contributed by atoms with Gasteiger partial charge >= 0.3 is 0 Å². The molecule has 0 amide bonds. The minimum absolute atomic E-state index is 0. The molecule has 1 atom stereocenters. The summed E-state index contributed by atoms with van der Waals surface area (Å²) in [5.41, 5.74) is 0. The second kappa shape index (κ2) is 10.1. The molecule has 0 radical (unpaired) electrons. The Labute approximate surface area is 169 Å². The number of aryl methyl sites for hydroxylation is 1. The minimum Gasteiger partial charge on any atom is -0.464 e. The molecule has 2 rings (SSSR count). The van der Waals surface area contributed by atoms with Crippen LogP contribution in [0.1, 0.15) is 24.5 Å². The lowest BCUT2D eigenvalue weighted by Gasteiger charge is -2.16. The van der Waals surface area contributed by atoms with E-state index in [2.05, 4.69) is 20.3 Å². The van der Waals surface area contributed by atoms with Crippen LogP contribution in [-0.4, -0.2) is 34.5 Å². The van der Waals surface area contributed by atoms with Gasteiger partial charge in [0.2, 0.25) is 10.0 Å². The lowest BCUT2D eigenvalue weighted by atomic mass is 10.2. The monoisotopic (exact) mass is 498 g/mol. The van der Waals surface area contributed by atoms with Gasteiger partial charge in [-0.15, -0.1) is 35.3 Å². The van der Waals surface area contributed by atoms with E-state index < -0.39 is 10.0 Å². The van der Waals surface area contributed by atoms with Crippen molar-refractivity contribution in [3.63, 3.8) is 0 Å². The normalized spacial score (nSPS) is 13.2. The number of hydrogen-bond acceptors (Lipinski definition) is 5. The number of furan rings is 1. The fourth-order valence-electron chi connectivity index (χ4n) is 2.01. The van der Waals surface area contributed by atoms with E-state index in [1.54, 1.807) is 24.6 Å². The first-order valence-electron chi connectivity index (χ1n) is 7.49. The largest absolute Gasteiger partial charge is 0.464 e. The minimum atomic E-state index is -3.43. The van der Waals surface area contributed by atoms with Gasteiger partial charge in [0.05, 0.1) is 6.04 Å². The maximum Gasteiger partial charge on any atom is 0.250 e. The molecule has 0 saturated heterocycles. The van der Waals surface area contributed by atoms with E-state index in [-0.39, 0.29) is 36.6 Å². The molecule has 10 heteroatoms. The number of hydrogen-bond donors (Lipinski definition) is 3. The van der Waals surface area contributed by atoms with Crippen LogP contribution in [0.2, 0.25) is 0 Å². The highest BCUT2D eigenvalue weighted by molar-refractivity contribution is 14.0. The Balaban J connectivity index is 0.00000312. The summed E-state index contributed by atoms with van der Waals surface area (Å²) in [7, 11) is -1.77. The van der Waals surface area contributed by atoms with E-state index in [1.807, 2.05) is 26.0 Å². The van der Waals surface area contributed by atoms with Crippen LogP contribution in [0, 0.1) is 6.92 Å². The molecule has 0 aliphatic rings. The number of guanidine groups is 1. The van der Waals surface area contributed by atoms with E-state index >= 15 is 0 Å². The summed E-state index contributed by atoms with van der Waals surface area (Å²) >= 11 is 1.19. The summed E-state index contributed by atoms with van der Waals surface area (Å²) in [6.07, 6.45) is 0. The highest BCUT2D eigenvalue weighted by atomic mass is 127. The molecule has 0 bridgehead atoms. The van der Waals surface area contributed by atoms with Gasteiger partial charge in [-0.25, -0.2) is 13.1 Å². The Hall–Kier alpha value is -1.11. The average molecular weight is 498 g/mol. The van der Waals surface area contributed by atoms with E-state index in [9.17, 15) is 8.42 Å². The molecule has 0 saturated carbocycles. The maximum absolute atomic E-state index is 12.0. The summed E-state index contributed by atoms with van der Waals surface area (Å²) < 4.78 is 32.4. The molecule has 25 heavy (non-hydrogen) atoms. The number of aliphatic imine (C=N–C) groups is 1. The lowest BCUT2D eigenvalue weighted by molar-refractivity contribution is 0.441. The third-order valence-corrected chi connectivity index (χ3v) is 6.09. The predicted molar refractivity (Wildman–Crippen MR) is 111 cm³/mol. The number of nitrogens with zero attached hydrogens (tertiary/aromatic N) is 1. The third kappa shape index (κ3) is 6.60. The molecule has 2 heterocycles. The van der Waals surface area contributed by atoms with Crippen LogP contribution in [0.4, 0.5) is 0 Å². The average Bonchev–Trinajstić information content (AvgIpc) is 3.21. The number of rotatable bonds is 7. The molecule has 140 valence electrons. The fraction of sp³-hybridized carbons (Fsp3) is 0.400. The fourth-order valence-corrected chi connectivity index (χ4v) is 4.08. The van der Waals surface area contributed by atoms with Crippen molar-refractivity contribution in [2.75, 3.05) is 20.1 Å². The summed E-state index contributed by atoms with van der Waals surface area (Å²) in [5, 5.41) is 7.99. The van der Waals surface area contributed by atoms with E-state index in [1.165, 1.54) is 11.3 Å². The molecule has 0 aliphatic carbocycles. The first-order chi connectivity index (χ1) is 11.4. The molecular weight excluding hydrogens is 475 g/mol. The standard InChI is InChI=1S/C15H22N4O3S2.HI/c1-11-6-7-13(22-11)12(2)19-15(16-3)17-8-9-18-24(20,21)14-5-4-10-23-14;/h4-7,10,12,18H,8-9H2,1-3H3,(H2,16,17,19);1H. The Morgan fingerprint density at radius 1 is 1.32 bits per heavy atom. The number of sulfonamides is 1. The maximum atomic E-state index is 12.0. The van der Waals surface area contributed by atoms with Crippen LogP contribution in [0.5, 0.6) is 0 Å². The van der Waals surface area contributed by atoms with Gasteiger partial charge in [-0.2, -0.15) is 0 Å². The Bertz CT molecular complexity index is 773. The van der Waals surface area contributed by atoms with Crippen molar-refractivity contribution in [3.8, 4) is 0 Å². The van der Waals surface area contributed by atoms with Crippen molar-refractivity contribution in [1.82, 2.24) is 15.4 Å². The van der Waals surface area contributed by atoms with Crippen molar-refractivity contribution in [2.45, 2.75) is 24.1 Å². The van der Waals surface area contributed by atoms with Crippen LogP contribution >= 0.6 is 35.3 Å². The van der Waals surface area contributed by atoms with Gasteiger partial charge in [-0.1, -0.05) is 6.07 Å². The van der Waals surface area contributed by atoms with Crippen LogP contribution in [0.25, 0.3) is 0 Å². The van der Waals surface area contributed by atoms with Gasteiger partial charge in [0.1, 0.15) is 15.7 Å². The van der Waals surface area contributed by atoms with E-state index in [4.69, 9.17) is 4.42 Å². The van der Waals surface area contributed by atoms with Crippen LogP contribution in [0.3, 0.4) is 0 Å². The third-order valence-electron chi connectivity index (χ3n) is 3.23. The van der Waals surface area contributed by atoms with Gasteiger partial charge in [-0.05, 0) is 37.4 Å². The van der Waals surface area contributed by atoms with Crippen molar-refractivity contribution in [2.24, 2.45) is 4.99 Å². The SMILES string of the molecule is CN=C(NCCNS(=O)(=O)c1cccs1)NC(C)c1ccc(C)o1.I. The molecule has 1 unspecified atom stereocenters. The predicted octanol–water partition coefficient (Wildman–Crippen LogP) is 2.47. The molecule has 0 aromatic carbocycles. The zero-order chi connectivity index (χ0) is 17.6. The lowest BCUT2D eigenvalue weighted by Crippen LogP contribution is -2.42. The quantitative estimate of drug-likeness (QED) is 0.236. The Morgan fingerprint density at radius 3 is 2.64 bits per heavy atom. The first-order valence-corrected chi connectivity index (χ1v) is 9.85. The number of thiophene rings is 1. The number of halogens is 1. The molecule has 0 spiro atoms. The molecule has 2 aromatic heterocycles. The van der Waals surface area contributed by atoms with Gasteiger partial charge < -0.3 is 15.1 Å². The van der Waals surface area contributed by atoms with E-state index in [0.717, 1.165) is 11.5 Å². The second-order valence-corrected chi connectivity index (χ2v) is 8.08. The topological polar surface area (TPSA) is 95.7 Å². The zero-order valence-corrected chi connectivity index (χ0v) is 18.2. The van der Waals surface area contributed by atoms with Gasteiger partial charge in [0, 0.05) is 20.1 Å². The van der Waals surface area contributed by atoms with Crippen molar-refractivity contribution in [1.29, 1.82) is 0 Å². The summed E-state index contributed by atoms with van der Waals surface area (Å²) in [5.74, 6) is 2.24. The van der Waals surface area contributed by atoms with Crippen LogP contribution in [0.15, 0.2) is 43.3 Å². The van der Waals surface area contributed by atoms with Crippen molar-refractivity contribution >= 4 is 51.3 Å². The highest BCUT2D eigenvalue weighted by Gasteiger charge is 2.14. The van der Waals surface area contributed by atoms with Gasteiger partial charge in [0.25, 0.3) is 0 Å². The highest BCUT2D eigenvalue weighted by Crippen LogP contribution is 2.15. The molecule has 2 aromatic rings. The second-order valence-electron chi connectivity index (χ2n) is 5.14. The summed E-state index contributed by atoms with van der Waals surface area (Å²) in [6.45, 7) is 4.52.